The summed E-state index contributed by atoms with van der Waals surface area (Å²) >= 11 is 8.41. The standard InChI is InChI=1S/C33H31N5O2S3/c1-21(39)24-11-13-25(14-12-24)35-33(41)36-26-9-6-10-27(17-26)42-22(2)31(40)37-32-29(18-34)28-15-16-38(20-30(28)43-32)19-23-7-4-3-5-8-23/h3-14,17,22H,15-16,19-20H2,1-2H3,(H,37,40)(H2,35,36,41). The van der Waals surface area contributed by atoms with Crippen LogP contribution in [0.25, 0.3) is 0 Å². The number of Topliss-reactive ketones (excluding diaryl/α,β-unsaturated/α-hetero) is 1. The largest absolute Gasteiger partial charge is 0.332 e. The Balaban J connectivity index is 1.17. The van der Waals surface area contributed by atoms with Crippen LogP contribution in [0.5, 0.6) is 0 Å². The molecule has 0 spiro atoms. The molecule has 3 aromatic carbocycles. The lowest BCUT2D eigenvalue weighted by Gasteiger charge is -2.26. The van der Waals surface area contributed by atoms with Gasteiger partial charge >= 0.3 is 0 Å². The summed E-state index contributed by atoms with van der Waals surface area (Å²) in [7, 11) is 0. The average molecular weight is 626 g/mol. The molecule has 1 amide bonds. The third-order valence-electron chi connectivity index (χ3n) is 7.06. The number of benzene rings is 3. The number of thiocarbonyl (C=S) groups is 1. The minimum Gasteiger partial charge on any atom is -0.332 e. The van der Waals surface area contributed by atoms with Gasteiger partial charge in [0, 0.05) is 46.3 Å². The van der Waals surface area contributed by atoms with E-state index in [1.165, 1.54) is 35.6 Å². The number of rotatable bonds is 9. The van der Waals surface area contributed by atoms with Gasteiger partial charge in [-0.1, -0.05) is 36.4 Å². The number of carbonyl (C=O) groups excluding carboxylic acids is 2. The Bertz CT molecular complexity index is 1680. The molecule has 1 atom stereocenters. The molecule has 5 rings (SSSR count). The molecule has 0 saturated heterocycles. The molecule has 2 heterocycles. The molecule has 4 aromatic rings. The van der Waals surface area contributed by atoms with E-state index in [9.17, 15) is 14.9 Å². The van der Waals surface area contributed by atoms with Crippen LogP contribution in [0.3, 0.4) is 0 Å². The van der Waals surface area contributed by atoms with E-state index in [-0.39, 0.29) is 16.9 Å². The fraction of sp³-hybridized carbons (Fsp3) is 0.212. The van der Waals surface area contributed by atoms with Crippen LogP contribution in [0.4, 0.5) is 16.4 Å². The smallest absolute Gasteiger partial charge is 0.238 e. The maximum atomic E-state index is 13.2. The first-order valence-corrected chi connectivity index (χ1v) is 16.0. The van der Waals surface area contributed by atoms with E-state index in [2.05, 4.69) is 51.2 Å². The summed E-state index contributed by atoms with van der Waals surface area (Å²) in [4.78, 5) is 29.2. The van der Waals surface area contributed by atoms with Gasteiger partial charge in [0.25, 0.3) is 0 Å². The summed E-state index contributed by atoms with van der Waals surface area (Å²) in [5.41, 5.74) is 5.11. The fourth-order valence-electron chi connectivity index (χ4n) is 4.84. The van der Waals surface area contributed by atoms with Crippen LogP contribution in [0.1, 0.15) is 45.8 Å². The summed E-state index contributed by atoms with van der Waals surface area (Å²) in [6.07, 6.45) is 0.794. The van der Waals surface area contributed by atoms with E-state index in [4.69, 9.17) is 12.2 Å². The second kappa shape index (κ2) is 14.0. The van der Waals surface area contributed by atoms with Gasteiger partial charge in [-0.25, -0.2) is 0 Å². The SMILES string of the molecule is CC(=O)c1ccc(NC(=S)Nc2cccc(SC(C)C(=O)Nc3sc4c(c3C#N)CCN(Cc3ccccc3)C4)c2)cc1. The van der Waals surface area contributed by atoms with Gasteiger partial charge < -0.3 is 16.0 Å². The third kappa shape index (κ3) is 7.89. The Morgan fingerprint density at radius 1 is 1.02 bits per heavy atom. The number of nitrogens with one attached hydrogen (secondary N) is 3. The number of ketones is 1. The Morgan fingerprint density at radius 2 is 1.77 bits per heavy atom. The molecule has 1 aromatic heterocycles. The maximum absolute atomic E-state index is 13.2. The van der Waals surface area contributed by atoms with Crippen molar-refractivity contribution in [2.75, 3.05) is 22.5 Å². The lowest BCUT2D eigenvalue weighted by molar-refractivity contribution is -0.115. The molecule has 0 radical (unpaired) electrons. The van der Waals surface area contributed by atoms with Crippen molar-refractivity contribution in [2.45, 2.75) is 43.5 Å². The van der Waals surface area contributed by atoms with Crippen molar-refractivity contribution in [3.63, 3.8) is 0 Å². The first kappa shape index (κ1) is 30.4. The van der Waals surface area contributed by atoms with Crippen molar-refractivity contribution in [3.8, 4) is 6.07 Å². The van der Waals surface area contributed by atoms with Crippen molar-refractivity contribution in [3.05, 3.63) is 106 Å². The van der Waals surface area contributed by atoms with E-state index in [0.29, 0.717) is 21.2 Å². The van der Waals surface area contributed by atoms with Gasteiger partial charge in [0.05, 0.1) is 10.8 Å². The predicted octanol–water partition coefficient (Wildman–Crippen LogP) is 7.31. The molecule has 0 bridgehead atoms. The van der Waals surface area contributed by atoms with E-state index in [1.54, 1.807) is 24.3 Å². The topological polar surface area (TPSA) is 97.3 Å². The molecule has 0 fully saturated rings. The number of hydrogen-bond acceptors (Lipinski definition) is 7. The fourth-order valence-corrected chi connectivity index (χ4v) is 7.24. The molecular weight excluding hydrogens is 595 g/mol. The zero-order valence-electron chi connectivity index (χ0n) is 23.8. The number of nitriles is 1. The number of nitrogens with zero attached hydrogens (tertiary/aromatic N) is 2. The molecule has 1 aliphatic rings. The molecule has 1 aliphatic heterocycles. The summed E-state index contributed by atoms with van der Waals surface area (Å²) < 4.78 is 0. The van der Waals surface area contributed by atoms with Crippen LogP contribution in [-0.4, -0.2) is 33.5 Å². The van der Waals surface area contributed by atoms with Crippen molar-refractivity contribution < 1.29 is 9.59 Å². The minimum absolute atomic E-state index is 0.00959. The van der Waals surface area contributed by atoms with E-state index >= 15 is 0 Å². The van der Waals surface area contributed by atoms with Crippen molar-refractivity contribution in [2.24, 2.45) is 0 Å². The number of anilines is 3. The van der Waals surface area contributed by atoms with Gasteiger partial charge in [-0.3, -0.25) is 14.5 Å². The second-order valence-corrected chi connectivity index (χ2v) is 13.2. The highest BCUT2D eigenvalue weighted by Crippen LogP contribution is 2.37. The van der Waals surface area contributed by atoms with Crippen LogP contribution in [0, 0.1) is 11.3 Å². The van der Waals surface area contributed by atoms with Gasteiger partial charge in [-0.05, 0) is 86.1 Å². The first-order chi connectivity index (χ1) is 20.8. The van der Waals surface area contributed by atoms with Gasteiger partial charge in [0.2, 0.25) is 5.91 Å². The molecule has 1 unspecified atom stereocenters. The van der Waals surface area contributed by atoms with Gasteiger partial charge in [0.1, 0.15) is 11.1 Å². The normalized spacial score (nSPS) is 13.3. The summed E-state index contributed by atoms with van der Waals surface area (Å²) in [5.74, 6) is -0.138. The lowest BCUT2D eigenvalue weighted by atomic mass is 10.0. The Kier molecular flexibility index (Phi) is 9.89. The number of carbonyl (C=O) groups is 2. The molecule has 43 heavy (non-hydrogen) atoms. The minimum atomic E-state index is -0.389. The van der Waals surface area contributed by atoms with Gasteiger partial charge in [-0.2, -0.15) is 5.26 Å². The third-order valence-corrected chi connectivity index (χ3v) is 9.49. The van der Waals surface area contributed by atoms with E-state index in [0.717, 1.165) is 52.8 Å². The lowest BCUT2D eigenvalue weighted by Crippen LogP contribution is -2.29. The second-order valence-electron chi connectivity index (χ2n) is 10.3. The van der Waals surface area contributed by atoms with Gasteiger partial charge in [0.15, 0.2) is 10.9 Å². The summed E-state index contributed by atoms with van der Waals surface area (Å²) in [5, 5.41) is 19.9. The van der Waals surface area contributed by atoms with Gasteiger partial charge in [-0.15, -0.1) is 23.1 Å². The highest BCUT2D eigenvalue weighted by atomic mass is 32.2. The quantitative estimate of drug-likeness (QED) is 0.101. The Morgan fingerprint density at radius 3 is 2.49 bits per heavy atom. The average Bonchev–Trinajstić information content (AvgIpc) is 3.34. The van der Waals surface area contributed by atoms with Crippen LogP contribution in [-0.2, 0) is 24.3 Å². The number of hydrogen-bond donors (Lipinski definition) is 3. The summed E-state index contributed by atoms with van der Waals surface area (Å²) in [6, 6.07) is 27.5. The van der Waals surface area contributed by atoms with Crippen molar-refractivity contribution in [1.29, 1.82) is 5.26 Å². The Hall–Kier alpha value is -4.01. The number of fused-ring (bicyclic) bond motifs is 1. The molecule has 0 aliphatic carbocycles. The highest BCUT2D eigenvalue weighted by Gasteiger charge is 2.26. The van der Waals surface area contributed by atoms with Crippen LogP contribution in [0.2, 0.25) is 0 Å². The Labute approximate surface area is 265 Å². The number of thioether (sulfide) groups is 1. The van der Waals surface area contributed by atoms with E-state index < -0.39 is 0 Å². The first-order valence-electron chi connectivity index (χ1n) is 13.9. The van der Waals surface area contributed by atoms with E-state index in [1.807, 2.05) is 37.3 Å². The molecule has 218 valence electrons. The maximum Gasteiger partial charge on any atom is 0.238 e. The summed E-state index contributed by atoms with van der Waals surface area (Å²) in [6.45, 7) is 5.89. The monoisotopic (exact) mass is 625 g/mol. The number of thiophene rings is 1. The van der Waals surface area contributed by atoms with Crippen LogP contribution >= 0.6 is 35.3 Å². The zero-order chi connectivity index (χ0) is 30.3. The molecule has 7 nitrogen and oxygen atoms in total. The zero-order valence-corrected chi connectivity index (χ0v) is 26.3. The molecular formula is C33H31N5O2S3. The molecule has 10 heteroatoms. The molecule has 3 N–H and O–H groups in total. The van der Waals surface area contributed by atoms with Crippen molar-refractivity contribution >= 4 is 68.5 Å². The molecule has 0 saturated carbocycles. The van der Waals surface area contributed by atoms with Crippen LogP contribution in [0.15, 0.2) is 83.8 Å². The highest BCUT2D eigenvalue weighted by molar-refractivity contribution is 8.00. The predicted molar refractivity (Wildman–Crippen MR) is 180 cm³/mol. The number of amides is 1. The van der Waals surface area contributed by atoms with Crippen molar-refractivity contribution in [1.82, 2.24) is 4.90 Å². The van der Waals surface area contributed by atoms with Crippen LogP contribution < -0.4 is 16.0 Å².